The van der Waals surface area contributed by atoms with Crippen LogP contribution in [0, 0.1) is 6.92 Å². The minimum Gasteiger partial charge on any atom is -0.223 e. The molecule has 112 valence electrons. The van der Waals surface area contributed by atoms with E-state index in [2.05, 4.69) is 0 Å². The van der Waals surface area contributed by atoms with Gasteiger partial charge in [0.15, 0.2) is 9.84 Å². The van der Waals surface area contributed by atoms with E-state index >= 15 is 0 Å². The summed E-state index contributed by atoms with van der Waals surface area (Å²) in [5.41, 5.74) is 1.18. The molecular formula is C14H10Cl4O2S. The van der Waals surface area contributed by atoms with Gasteiger partial charge in [-0.2, -0.15) is 0 Å². The van der Waals surface area contributed by atoms with Crippen molar-refractivity contribution in [3.8, 4) is 0 Å². The molecule has 0 fully saturated rings. The van der Waals surface area contributed by atoms with E-state index < -0.39 is 9.84 Å². The molecule has 21 heavy (non-hydrogen) atoms. The molecule has 2 aromatic carbocycles. The summed E-state index contributed by atoms with van der Waals surface area (Å²) in [6.07, 6.45) is 0. The molecule has 0 aliphatic carbocycles. The van der Waals surface area contributed by atoms with E-state index in [9.17, 15) is 8.42 Å². The molecule has 0 unspecified atom stereocenters. The first kappa shape index (κ1) is 16.9. The molecule has 0 heterocycles. The molecule has 0 aromatic heterocycles. The lowest BCUT2D eigenvalue weighted by Gasteiger charge is -2.09. The van der Waals surface area contributed by atoms with Gasteiger partial charge in [0.2, 0.25) is 0 Å². The van der Waals surface area contributed by atoms with Gasteiger partial charge in [-0.05, 0) is 42.3 Å². The van der Waals surface area contributed by atoms with Gasteiger partial charge in [0, 0.05) is 5.02 Å². The third-order valence-electron chi connectivity index (χ3n) is 2.89. The molecular weight excluding hydrogens is 374 g/mol. The van der Waals surface area contributed by atoms with Crippen molar-refractivity contribution in [3.63, 3.8) is 0 Å². The van der Waals surface area contributed by atoms with E-state index in [1.54, 1.807) is 19.1 Å². The number of sulfone groups is 1. The van der Waals surface area contributed by atoms with Gasteiger partial charge < -0.3 is 0 Å². The van der Waals surface area contributed by atoms with Crippen molar-refractivity contribution in [1.29, 1.82) is 0 Å². The van der Waals surface area contributed by atoms with Crippen LogP contribution in [0.3, 0.4) is 0 Å². The average Bonchev–Trinajstić information content (AvgIpc) is 2.37. The largest absolute Gasteiger partial charge is 0.223 e. The molecule has 0 aliphatic rings. The van der Waals surface area contributed by atoms with Crippen LogP contribution in [0.25, 0.3) is 0 Å². The van der Waals surface area contributed by atoms with Crippen LogP contribution in [0.4, 0.5) is 0 Å². The maximum atomic E-state index is 12.5. The van der Waals surface area contributed by atoms with Crippen molar-refractivity contribution in [2.45, 2.75) is 17.6 Å². The van der Waals surface area contributed by atoms with Gasteiger partial charge in [-0.3, -0.25) is 0 Å². The summed E-state index contributed by atoms with van der Waals surface area (Å²) in [6.45, 7) is 1.72. The fourth-order valence-corrected chi connectivity index (χ4v) is 4.34. The van der Waals surface area contributed by atoms with Gasteiger partial charge in [-0.25, -0.2) is 8.42 Å². The summed E-state index contributed by atoms with van der Waals surface area (Å²) in [6, 6.07) is 7.60. The quantitative estimate of drug-likeness (QED) is 0.692. The Morgan fingerprint density at radius 3 is 2.14 bits per heavy atom. The third-order valence-corrected chi connectivity index (χ3v) is 6.18. The SMILES string of the molecule is Cc1cc(S(=O)(=O)Cc2ccc(Cl)c(Cl)c2)c(Cl)cc1Cl. The van der Waals surface area contributed by atoms with Crippen molar-refractivity contribution < 1.29 is 8.42 Å². The normalized spacial score (nSPS) is 11.7. The lowest BCUT2D eigenvalue weighted by molar-refractivity contribution is 0.595. The second kappa shape index (κ2) is 6.35. The van der Waals surface area contributed by atoms with E-state index in [1.165, 1.54) is 18.2 Å². The smallest absolute Gasteiger partial charge is 0.183 e. The molecule has 7 heteroatoms. The van der Waals surface area contributed by atoms with Crippen LogP contribution in [0.1, 0.15) is 11.1 Å². The second-order valence-electron chi connectivity index (χ2n) is 4.54. The summed E-state index contributed by atoms with van der Waals surface area (Å²) in [5.74, 6) is -0.218. The molecule has 2 aromatic rings. The standard InChI is InChI=1S/C14H10Cl4O2S/c1-8-4-14(13(18)6-11(8)16)21(19,20)7-9-2-3-10(15)12(17)5-9/h2-6H,7H2,1H3. The molecule has 0 amide bonds. The van der Waals surface area contributed by atoms with Crippen LogP contribution in [-0.4, -0.2) is 8.42 Å². The summed E-state index contributed by atoms with van der Waals surface area (Å²) < 4.78 is 25.0. The predicted octanol–water partition coefficient (Wildman–Crippen LogP) is 5.58. The molecule has 0 aliphatic heterocycles. The van der Waals surface area contributed by atoms with E-state index in [1.807, 2.05) is 0 Å². The van der Waals surface area contributed by atoms with Gasteiger partial charge in [0.05, 0.1) is 25.7 Å². The number of rotatable bonds is 3. The fourth-order valence-electron chi connectivity index (χ4n) is 1.80. The number of hydrogen-bond donors (Lipinski definition) is 0. The molecule has 0 N–H and O–H groups in total. The summed E-state index contributed by atoms with van der Waals surface area (Å²) in [4.78, 5) is 0.0529. The Hall–Kier alpha value is -0.450. The van der Waals surface area contributed by atoms with Crippen LogP contribution in [-0.2, 0) is 15.6 Å². The highest BCUT2D eigenvalue weighted by molar-refractivity contribution is 7.90. The Balaban J connectivity index is 2.43. The first-order chi connectivity index (χ1) is 9.70. The van der Waals surface area contributed by atoms with E-state index in [0.717, 1.165) is 0 Å². The first-order valence-electron chi connectivity index (χ1n) is 5.83. The van der Waals surface area contributed by atoms with Crippen molar-refractivity contribution in [3.05, 3.63) is 61.5 Å². The second-order valence-corrected chi connectivity index (χ2v) is 8.13. The van der Waals surface area contributed by atoms with E-state index in [-0.39, 0.29) is 15.7 Å². The van der Waals surface area contributed by atoms with E-state index in [0.29, 0.717) is 26.2 Å². The number of aryl methyl sites for hydroxylation is 1. The molecule has 0 saturated carbocycles. The van der Waals surface area contributed by atoms with Crippen LogP contribution in [0.5, 0.6) is 0 Å². The fraction of sp³-hybridized carbons (Fsp3) is 0.143. The summed E-state index contributed by atoms with van der Waals surface area (Å²) >= 11 is 23.6. The summed E-state index contributed by atoms with van der Waals surface area (Å²) in [5, 5.41) is 1.21. The van der Waals surface area contributed by atoms with E-state index in [4.69, 9.17) is 46.4 Å². The zero-order valence-electron chi connectivity index (χ0n) is 10.8. The van der Waals surface area contributed by atoms with Crippen LogP contribution in [0.15, 0.2) is 35.2 Å². The summed E-state index contributed by atoms with van der Waals surface area (Å²) in [7, 11) is -3.61. The topological polar surface area (TPSA) is 34.1 Å². The Bertz CT molecular complexity index is 801. The Kier molecular flexibility index (Phi) is 5.11. The van der Waals surface area contributed by atoms with Gasteiger partial charge >= 0.3 is 0 Å². The van der Waals surface area contributed by atoms with Gasteiger partial charge in [0.1, 0.15) is 0 Å². The molecule has 0 atom stereocenters. The maximum absolute atomic E-state index is 12.5. The highest BCUT2D eigenvalue weighted by Gasteiger charge is 2.20. The maximum Gasteiger partial charge on any atom is 0.183 e. The minimum atomic E-state index is -3.61. The minimum absolute atomic E-state index is 0.0529. The molecule has 2 rings (SSSR count). The van der Waals surface area contributed by atoms with Crippen LogP contribution in [0.2, 0.25) is 20.1 Å². The number of hydrogen-bond acceptors (Lipinski definition) is 2. The van der Waals surface area contributed by atoms with Gasteiger partial charge in [-0.15, -0.1) is 0 Å². The monoisotopic (exact) mass is 382 g/mol. The van der Waals surface area contributed by atoms with Crippen molar-refractivity contribution in [2.24, 2.45) is 0 Å². The van der Waals surface area contributed by atoms with Gasteiger partial charge in [0.25, 0.3) is 0 Å². The van der Waals surface area contributed by atoms with Gasteiger partial charge in [-0.1, -0.05) is 52.5 Å². The Labute approximate surface area is 143 Å². The lowest BCUT2D eigenvalue weighted by atomic mass is 10.2. The van der Waals surface area contributed by atoms with Crippen molar-refractivity contribution in [2.75, 3.05) is 0 Å². The van der Waals surface area contributed by atoms with Crippen molar-refractivity contribution >= 4 is 56.2 Å². The zero-order chi connectivity index (χ0) is 15.8. The lowest BCUT2D eigenvalue weighted by Crippen LogP contribution is -2.06. The highest BCUT2D eigenvalue weighted by Crippen LogP contribution is 2.31. The third kappa shape index (κ3) is 3.85. The first-order valence-corrected chi connectivity index (χ1v) is 8.99. The highest BCUT2D eigenvalue weighted by atomic mass is 35.5. The molecule has 0 spiro atoms. The Morgan fingerprint density at radius 2 is 1.52 bits per heavy atom. The number of halogens is 4. The molecule has 2 nitrogen and oxygen atoms in total. The molecule has 0 saturated heterocycles. The van der Waals surface area contributed by atoms with Crippen molar-refractivity contribution in [1.82, 2.24) is 0 Å². The number of benzene rings is 2. The van der Waals surface area contributed by atoms with Crippen LogP contribution < -0.4 is 0 Å². The van der Waals surface area contributed by atoms with Crippen LogP contribution >= 0.6 is 46.4 Å². The Morgan fingerprint density at radius 1 is 0.857 bits per heavy atom. The predicted molar refractivity (Wildman–Crippen MR) is 88.6 cm³/mol. The zero-order valence-corrected chi connectivity index (χ0v) is 14.7. The molecule has 0 radical (unpaired) electrons. The average molecular weight is 384 g/mol. The molecule has 0 bridgehead atoms.